The minimum Gasteiger partial charge on any atom is -0.474 e. The third kappa shape index (κ3) is 2.85. The van der Waals surface area contributed by atoms with Crippen molar-refractivity contribution in [2.24, 2.45) is 0 Å². The Bertz CT molecular complexity index is 600. The van der Waals surface area contributed by atoms with Crippen LogP contribution in [0.2, 0.25) is 0 Å². The van der Waals surface area contributed by atoms with E-state index < -0.39 is 0 Å². The van der Waals surface area contributed by atoms with E-state index in [1.54, 1.807) is 7.11 Å². The van der Waals surface area contributed by atoms with Crippen molar-refractivity contribution in [1.29, 1.82) is 0 Å². The number of nitrogens with two attached hydrogens (primary N) is 1. The molecule has 0 radical (unpaired) electrons. The van der Waals surface area contributed by atoms with E-state index in [0.717, 1.165) is 42.3 Å². The molecule has 20 heavy (non-hydrogen) atoms. The summed E-state index contributed by atoms with van der Waals surface area (Å²) in [6, 6.07) is 9.63. The molecular formula is C16H20N2O2. The molecule has 1 aromatic heterocycles. The summed E-state index contributed by atoms with van der Waals surface area (Å²) in [5, 5.41) is 1.04. The van der Waals surface area contributed by atoms with Crippen molar-refractivity contribution in [3.05, 3.63) is 30.3 Å². The van der Waals surface area contributed by atoms with Crippen LogP contribution in [0.25, 0.3) is 10.9 Å². The zero-order chi connectivity index (χ0) is 13.9. The van der Waals surface area contributed by atoms with Gasteiger partial charge in [0.1, 0.15) is 6.10 Å². The van der Waals surface area contributed by atoms with Gasteiger partial charge in [-0.2, -0.15) is 0 Å². The third-order valence-electron chi connectivity index (χ3n) is 3.89. The van der Waals surface area contributed by atoms with E-state index in [2.05, 4.69) is 4.98 Å². The molecule has 3 rings (SSSR count). The third-order valence-corrected chi connectivity index (χ3v) is 3.89. The predicted octanol–water partition coefficient (Wildman–Crippen LogP) is 3.15. The number of nitrogen functional groups attached to an aromatic ring is 1. The van der Waals surface area contributed by atoms with Gasteiger partial charge in [0.25, 0.3) is 0 Å². The van der Waals surface area contributed by atoms with Gasteiger partial charge in [-0.05, 0) is 43.5 Å². The molecule has 0 spiro atoms. The van der Waals surface area contributed by atoms with E-state index in [1.807, 2.05) is 30.3 Å². The number of benzene rings is 1. The number of aromatic nitrogens is 1. The van der Waals surface area contributed by atoms with Crippen LogP contribution in [0.4, 0.5) is 5.69 Å². The van der Waals surface area contributed by atoms with Gasteiger partial charge in [-0.25, -0.2) is 4.98 Å². The number of ether oxygens (including phenoxy) is 2. The Balaban J connectivity index is 1.75. The van der Waals surface area contributed by atoms with Gasteiger partial charge in [0.2, 0.25) is 5.88 Å². The molecule has 1 aliphatic rings. The van der Waals surface area contributed by atoms with Crippen LogP contribution in [0.5, 0.6) is 5.88 Å². The first-order chi connectivity index (χ1) is 9.74. The molecule has 4 nitrogen and oxygen atoms in total. The number of anilines is 1. The van der Waals surface area contributed by atoms with E-state index in [9.17, 15) is 0 Å². The van der Waals surface area contributed by atoms with Crippen LogP contribution in [0.3, 0.4) is 0 Å². The molecule has 0 aliphatic heterocycles. The van der Waals surface area contributed by atoms with Crippen molar-refractivity contribution in [2.75, 3.05) is 12.8 Å². The first kappa shape index (κ1) is 13.2. The van der Waals surface area contributed by atoms with Gasteiger partial charge in [0.15, 0.2) is 0 Å². The Kier molecular flexibility index (Phi) is 3.74. The van der Waals surface area contributed by atoms with Gasteiger partial charge in [-0.3, -0.25) is 0 Å². The Labute approximate surface area is 118 Å². The van der Waals surface area contributed by atoms with Gasteiger partial charge in [0.05, 0.1) is 11.6 Å². The van der Waals surface area contributed by atoms with Gasteiger partial charge in [-0.1, -0.05) is 0 Å². The molecule has 1 fully saturated rings. The minimum atomic E-state index is 0.201. The fourth-order valence-corrected chi connectivity index (χ4v) is 2.78. The average molecular weight is 272 g/mol. The van der Waals surface area contributed by atoms with E-state index in [0.29, 0.717) is 12.0 Å². The van der Waals surface area contributed by atoms with Crippen molar-refractivity contribution in [2.45, 2.75) is 37.9 Å². The SMILES string of the molecule is COC1CCCC(Oc2ccc3cc(N)ccc3n2)C1. The van der Waals surface area contributed by atoms with Crippen molar-refractivity contribution in [1.82, 2.24) is 4.98 Å². The zero-order valence-corrected chi connectivity index (χ0v) is 11.7. The van der Waals surface area contributed by atoms with Crippen LogP contribution < -0.4 is 10.5 Å². The van der Waals surface area contributed by atoms with Crippen molar-refractivity contribution >= 4 is 16.6 Å². The first-order valence-corrected chi connectivity index (χ1v) is 7.10. The highest BCUT2D eigenvalue weighted by molar-refractivity contribution is 5.82. The predicted molar refractivity (Wildman–Crippen MR) is 79.8 cm³/mol. The highest BCUT2D eigenvalue weighted by Gasteiger charge is 2.23. The second-order valence-electron chi connectivity index (χ2n) is 5.37. The molecular weight excluding hydrogens is 252 g/mol. The van der Waals surface area contributed by atoms with Crippen LogP contribution >= 0.6 is 0 Å². The number of hydrogen-bond acceptors (Lipinski definition) is 4. The fourth-order valence-electron chi connectivity index (χ4n) is 2.78. The second kappa shape index (κ2) is 5.67. The van der Waals surface area contributed by atoms with Gasteiger partial charge in [-0.15, -0.1) is 0 Å². The maximum Gasteiger partial charge on any atom is 0.214 e. The molecule has 0 amide bonds. The lowest BCUT2D eigenvalue weighted by molar-refractivity contribution is 0.0196. The molecule has 106 valence electrons. The molecule has 2 atom stereocenters. The summed E-state index contributed by atoms with van der Waals surface area (Å²) in [5.74, 6) is 0.684. The molecule has 1 aliphatic carbocycles. The van der Waals surface area contributed by atoms with E-state index >= 15 is 0 Å². The Morgan fingerprint density at radius 2 is 2.00 bits per heavy atom. The number of pyridine rings is 1. The quantitative estimate of drug-likeness (QED) is 0.872. The Hall–Kier alpha value is -1.81. The van der Waals surface area contributed by atoms with E-state index in [4.69, 9.17) is 15.2 Å². The maximum absolute atomic E-state index is 6.00. The number of rotatable bonds is 3. The molecule has 1 aromatic carbocycles. The topological polar surface area (TPSA) is 57.4 Å². The van der Waals surface area contributed by atoms with Crippen LogP contribution in [-0.4, -0.2) is 24.3 Å². The first-order valence-electron chi connectivity index (χ1n) is 7.10. The maximum atomic E-state index is 6.00. The summed E-state index contributed by atoms with van der Waals surface area (Å²) >= 11 is 0. The lowest BCUT2D eigenvalue weighted by atomic mass is 9.95. The molecule has 1 saturated carbocycles. The largest absolute Gasteiger partial charge is 0.474 e. The standard InChI is InChI=1S/C16H20N2O2/c1-19-13-3-2-4-14(10-13)20-16-8-5-11-9-12(17)6-7-15(11)18-16/h5-9,13-14H,2-4,10,17H2,1H3. The molecule has 2 unspecified atom stereocenters. The molecule has 0 bridgehead atoms. The minimum absolute atomic E-state index is 0.201. The Morgan fingerprint density at radius 1 is 1.15 bits per heavy atom. The molecule has 2 aromatic rings. The molecule has 0 saturated heterocycles. The Morgan fingerprint density at radius 3 is 2.85 bits per heavy atom. The van der Waals surface area contributed by atoms with Crippen LogP contribution in [0, 0.1) is 0 Å². The highest BCUT2D eigenvalue weighted by Crippen LogP contribution is 2.26. The van der Waals surface area contributed by atoms with Gasteiger partial charge < -0.3 is 15.2 Å². The lowest BCUT2D eigenvalue weighted by Crippen LogP contribution is -2.29. The van der Waals surface area contributed by atoms with E-state index in [-0.39, 0.29) is 6.10 Å². The summed E-state index contributed by atoms with van der Waals surface area (Å²) < 4.78 is 11.4. The molecule has 1 heterocycles. The van der Waals surface area contributed by atoms with Crippen molar-refractivity contribution < 1.29 is 9.47 Å². The summed E-state index contributed by atoms with van der Waals surface area (Å²) in [7, 11) is 1.77. The molecule has 4 heteroatoms. The summed E-state index contributed by atoms with van der Waals surface area (Å²) in [6.45, 7) is 0. The molecule has 2 N–H and O–H groups in total. The lowest BCUT2D eigenvalue weighted by Gasteiger charge is -2.28. The summed E-state index contributed by atoms with van der Waals surface area (Å²) in [6.07, 6.45) is 4.80. The van der Waals surface area contributed by atoms with Crippen molar-refractivity contribution in [3.8, 4) is 5.88 Å². The second-order valence-corrected chi connectivity index (χ2v) is 5.37. The fraction of sp³-hybridized carbons (Fsp3) is 0.438. The van der Waals surface area contributed by atoms with Gasteiger partial charge in [0, 0.05) is 30.7 Å². The number of fused-ring (bicyclic) bond motifs is 1. The number of nitrogens with zero attached hydrogens (tertiary/aromatic N) is 1. The highest BCUT2D eigenvalue weighted by atomic mass is 16.5. The monoisotopic (exact) mass is 272 g/mol. The van der Waals surface area contributed by atoms with E-state index in [1.165, 1.54) is 0 Å². The summed E-state index contributed by atoms with van der Waals surface area (Å²) in [5.41, 5.74) is 7.43. The van der Waals surface area contributed by atoms with Crippen LogP contribution in [0.15, 0.2) is 30.3 Å². The zero-order valence-electron chi connectivity index (χ0n) is 11.7. The smallest absolute Gasteiger partial charge is 0.214 e. The average Bonchev–Trinajstić information content (AvgIpc) is 2.47. The normalized spacial score (nSPS) is 22.9. The van der Waals surface area contributed by atoms with Crippen LogP contribution in [0.1, 0.15) is 25.7 Å². The van der Waals surface area contributed by atoms with Crippen molar-refractivity contribution in [3.63, 3.8) is 0 Å². The van der Waals surface area contributed by atoms with Gasteiger partial charge >= 0.3 is 0 Å². The number of methoxy groups -OCH3 is 1. The number of hydrogen-bond donors (Lipinski definition) is 1. The summed E-state index contributed by atoms with van der Waals surface area (Å²) in [4.78, 5) is 4.54. The van der Waals surface area contributed by atoms with Crippen LogP contribution in [-0.2, 0) is 4.74 Å².